The molecule has 0 aliphatic heterocycles. The molecule has 0 bridgehead atoms. The van der Waals surface area contributed by atoms with E-state index in [1.54, 1.807) is 19.2 Å². The number of aromatic nitrogens is 2. The number of rotatable bonds is 2. The van der Waals surface area contributed by atoms with Gasteiger partial charge in [0.15, 0.2) is 0 Å². The minimum atomic E-state index is -0.361. The van der Waals surface area contributed by atoms with E-state index in [0.29, 0.717) is 21.8 Å². The number of aryl methyl sites for hydroxylation is 1. The Morgan fingerprint density at radius 1 is 1.25 bits per heavy atom. The van der Waals surface area contributed by atoms with Crippen LogP contribution in [0, 0.1) is 12.7 Å². The molecule has 0 N–H and O–H groups in total. The van der Waals surface area contributed by atoms with Crippen LogP contribution in [0.5, 0.6) is 11.6 Å². The van der Waals surface area contributed by atoms with E-state index in [4.69, 9.17) is 4.74 Å². The highest BCUT2D eigenvalue weighted by Crippen LogP contribution is 2.29. The molecule has 2 aromatic rings. The average molecular weight is 283 g/mol. The molecule has 16 heavy (non-hydrogen) atoms. The smallest absolute Gasteiger partial charge is 0.240 e. The van der Waals surface area contributed by atoms with Gasteiger partial charge in [-0.15, -0.1) is 0 Å². The molecule has 0 saturated carbocycles. The van der Waals surface area contributed by atoms with Crippen LogP contribution in [0.25, 0.3) is 0 Å². The number of hydrogen-bond donors (Lipinski definition) is 0. The molecule has 2 rings (SSSR count). The third-order valence-corrected chi connectivity index (χ3v) is 2.59. The third-order valence-electron chi connectivity index (χ3n) is 1.94. The fourth-order valence-corrected chi connectivity index (χ4v) is 1.48. The van der Waals surface area contributed by atoms with Crippen molar-refractivity contribution in [2.24, 2.45) is 0 Å². The Morgan fingerprint density at radius 3 is 2.75 bits per heavy atom. The van der Waals surface area contributed by atoms with Gasteiger partial charge in [0.25, 0.3) is 0 Å². The Morgan fingerprint density at radius 2 is 2.00 bits per heavy atom. The first kappa shape index (κ1) is 11.0. The number of benzene rings is 1. The van der Waals surface area contributed by atoms with Gasteiger partial charge < -0.3 is 4.74 Å². The van der Waals surface area contributed by atoms with Crippen molar-refractivity contribution in [3.63, 3.8) is 0 Å². The number of nitrogens with zero attached hydrogens (tertiary/aromatic N) is 2. The lowest BCUT2D eigenvalue weighted by molar-refractivity contribution is 0.448. The highest BCUT2D eigenvalue weighted by molar-refractivity contribution is 9.10. The van der Waals surface area contributed by atoms with Crippen LogP contribution in [0.4, 0.5) is 4.39 Å². The molecule has 1 aromatic carbocycles. The Bertz CT molecular complexity index is 519. The summed E-state index contributed by atoms with van der Waals surface area (Å²) in [5.41, 5.74) is 0.652. The highest BCUT2D eigenvalue weighted by Gasteiger charge is 2.07. The second-order valence-electron chi connectivity index (χ2n) is 3.12. The number of ether oxygens (including phenoxy) is 1. The van der Waals surface area contributed by atoms with Crippen molar-refractivity contribution in [3.05, 3.63) is 46.6 Å². The Hall–Kier alpha value is -1.49. The normalized spacial score (nSPS) is 10.2. The zero-order chi connectivity index (χ0) is 11.5. The number of halogens is 2. The minimum Gasteiger partial charge on any atom is -0.436 e. The van der Waals surface area contributed by atoms with Gasteiger partial charge in [-0.1, -0.05) is 0 Å². The van der Waals surface area contributed by atoms with Crippen LogP contribution in [0.15, 0.2) is 35.1 Å². The summed E-state index contributed by atoms with van der Waals surface area (Å²) in [6.07, 6.45) is 3.10. The molecular weight excluding hydrogens is 275 g/mol. The summed E-state index contributed by atoms with van der Waals surface area (Å²) < 4.78 is 19.1. The number of hydrogen-bond acceptors (Lipinski definition) is 3. The van der Waals surface area contributed by atoms with Crippen molar-refractivity contribution >= 4 is 15.9 Å². The van der Waals surface area contributed by atoms with Crippen LogP contribution in [0.3, 0.4) is 0 Å². The van der Waals surface area contributed by atoms with Crippen molar-refractivity contribution in [1.29, 1.82) is 0 Å². The Kier molecular flexibility index (Phi) is 3.14. The third kappa shape index (κ3) is 2.36. The summed E-state index contributed by atoms with van der Waals surface area (Å²) >= 11 is 3.27. The Labute approximate surface area is 100 Å². The molecule has 1 heterocycles. The zero-order valence-electron chi connectivity index (χ0n) is 8.45. The summed E-state index contributed by atoms with van der Waals surface area (Å²) in [7, 11) is 0. The van der Waals surface area contributed by atoms with E-state index in [1.807, 2.05) is 0 Å². The second kappa shape index (κ2) is 4.57. The van der Waals surface area contributed by atoms with Crippen LogP contribution in [0.1, 0.15) is 5.69 Å². The van der Waals surface area contributed by atoms with E-state index in [9.17, 15) is 4.39 Å². The van der Waals surface area contributed by atoms with Crippen LogP contribution in [-0.4, -0.2) is 9.97 Å². The predicted octanol–water partition coefficient (Wildman–Crippen LogP) is 3.48. The first-order chi connectivity index (χ1) is 7.66. The Balaban J connectivity index is 2.34. The van der Waals surface area contributed by atoms with Crippen molar-refractivity contribution in [3.8, 4) is 11.6 Å². The summed E-state index contributed by atoms with van der Waals surface area (Å²) in [6, 6.07) is 4.22. The molecule has 0 aliphatic rings. The summed E-state index contributed by atoms with van der Waals surface area (Å²) in [5.74, 6) is 0.386. The van der Waals surface area contributed by atoms with E-state index >= 15 is 0 Å². The van der Waals surface area contributed by atoms with Gasteiger partial charge in [0, 0.05) is 18.5 Å². The van der Waals surface area contributed by atoms with Crippen LogP contribution >= 0.6 is 15.9 Å². The predicted molar refractivity (Wildman–Crippen MR) is 60.9 cm³/mol. The fourth-order valence-electron chi connectivity index (χ4n) is 1.15. The lowest BCUT2D eigenvalue weighted by Gasteiger charge is -2.07. The van der Waals surface area contributed by atoms with Gasteiger partial charge >= 0.3 is 0 Å². The van der Waals surface area contributed by atoms with Crippen molar-refractivity contribution in [2.75, 3.05) is 0 Å². The van der Waals surface area contributed by atoms with E-state index in [-0.39, 0.29) is 5.82 Å². The molecule has 3 nitrogen and oxygen atoms in total. The van der Waals surface area contributed by atoms with Gasteiger partial charge in [-0.2, -0.15) is 0 Å². The van der Waals surface area contributed by atoms with Crippen molar-refractivity contribution < 1.29 is 9.13 Å². The lowest BCUT2D eigenvalue weighted by atomic mass is 10.3. The maximum atomic E-state index is 13.0. The van der Waals surface area contributed by atoms with Gasteiger partial charge in [0.05, 0.1) is 10.2 Å². The van der Waals surface area contributed by atoms with E-state index < -0.39 is 0 Å². The van der Waals surface area contributed by atoms with Gasteiger partial charge in [0.1, 0.15) is 11.6 Å². The second-order valence-corrected chi connectivity index (χ2v) is 3.98. The monoisotopic (exact) mass is 282 g/mol. The first-order valence-electron chi connectivity index (χ1n) is 4.57. The van der Waals surface area contributed by atoms with Gasteiger partial charge in [-0.25, -0.2) is 9.37 Å². The SMILES string of the molecule is Cc1nccnc1Oc1cc(F)ccc1Br. The molecule has 0 atom stereocenters. The van der Waals surface area contributed by atoms with Crippen LogP contribution < -0.4 is 4.74 Å². The lowest BCUT2D eigenvalue weighted by Crippen LogP contribution is -1.94. The first-order valence-corrected chi connectivity index (χ1v) is 5.36. The van der Waals surface area contributed by atoms with Crippen molar-refractivity contribution in [2.45, 2.75) is 6.92 Å². The maximum absolute atomic E-state index is 13.0. The molecule has 5 heteroatoms. The molecule has 0 fully saturated rings. The minimum absolute atomic E-state index is 0.361. The largest absolute Gasteiger partial charge is 0.436 e. The maximum Gasteiger partial charge on any atom is 0.240 e. The van der Waals surface area contributed by atoms with Gasteiger partial charge in [0.2, 0.25) is 5.88 Å². The average Bonchev–Trinajstić information content (AvgIpc) is 2.27. The van der Waals surface area contributed by atoms with Gasteiger partial charge in [-0.3, -0.25) is 4.98 Å². The standard InChI is InChI=1S/C11H8BrFN2O/c1-7-11(15-5-4-14-7)16-10-6-8(13)2-3-9(10)12/h2-6H,1H3. The molecule has 0 unspecified atom stereocenters. The van der Waals surface area contributed by atoms with E-state index in [1.165, 1.54) is 18.3 Å². The summed E-state index contributed by atoms with van der Waals surface area (Å²) in [4.78, 5) is 8.05. The molecule has 0 aliphatic carbocycles. The molecule has 0 saturated heterocycles. The molecule has 1 aromatic heterocycles. The highest BCUT2D eigenvalue weighted by atomic mass is 79.9. The molecular formula is C11H8BrFN2O. The fraction of sp³-hybridized carbons (Fsp3) is 0.0909. The molecule has 0 amide bonds. The molecule has 82 valence electrons. The van der Waals surface area contributed by atoms with Gasteiger partial charge in [-0.05, 0) is 35.0 Å². The molecule has 0 spiro atoms. The van der Waals surface area contributed by atoms with E-state index in [0.717, 1.165) is 0 Å². The summed E-state index contributed by atoms with van der Waals surface area (Å²) in [5, 5.41) is 0. The molecule has 0 radical (unpaired) electrons. The van der Waals surface area contributed by atoms with Crippen LogP contribution in [-0.2, 0) is 0 Å². The summed E-state index contributed by atoms with van der Waals surface area (Å²) in [6.45, 7) is 1.77. The van der Waals surface area contributed by atoms with Crippen LogP contribution in [0.2, 0.25) is 0 Å². The van der Waals surface area contributed by atoms with Crippen molar-refractivity contribution in [1.82, 2.24) is 9.97 Å². The topological polar surface area (TPSA) is 35.0 Å². The quantitative estimate of drug-likeness (QED) is 0.846. The zero-order valence-corrected chi connectivity index (χ0v) is 10.0. The van der Waals surface area contributed by atoms with E-state index in [2.05, 4.69) is 25.9 Å².